The number of hydrogen-bond acceptors (Lipinski definition) is 5. The molecule has 1 N–H and O–H groups in total. The lowest BCUT2D eigenvalue weighted by atomic mass is 9.86. The molecule has 0 aromatic carbocycles. The van der Waals surface area contributed by atoms with E-state index < -0.39 is 5.54 Å². The molecule has 9 heteroatoms. The Bertz CT molecular complexity index is 668. The molecule has 0 radical (unpaired) electrons. The molecule has 3 rings (SSSR count). The number of imide groups is 1. The maximum atomic E-state index is 13.2. The molecular formula is C17H29ClN6O2. The molecule has 0 atom stereocenters. The quantitative estimate of drug-likeness (QED) is 0.777. The Morgan fingerprint density at radius 3 is 2.42 bits per heavy atom. The first-order valence-corrected chi connectivity index (χ1v) is 9.06. The molecule has 2 fully saturated rings. The van der Waals surface area contributed by atoms with Gasteiger partial charge in [0.15, 0.2) is 0 Å². The van der Waals surface area contributed by atoms with Crippen molar-refractivity contribution in [1.82, 2.24) is 29.9 Å². The zero-order valence-corrected chi connectivity index (χ0v) is 16.8. The molecule has 1 spiro atoms. The van der Waals surface area contributed by atoms with E-state index in [1.807, 2.05) is 4.90 Å². The number of nitrogens with one attached hydrogen (secondary N) is 1. The molecule has 0 unspecified atom stereocenters. The number of carbonyl (C=O) groups excluding carboxylic acids is 2. The molecule has 2 aliphatic heterocycles. The lowest BCUT2D eigenvalue weighted by molar-refractivity contribution is -0.135. The van der Waals surface area contributed by atoms with Crippen LogP contribution in [0.15, 0.2) is 0 Å². The summed E-state index contributed by atoms with van der Waals surface area (Å²) in [7, 11) is 1.79. The summed E-state index contributed by atoms with van der Waals surface area (Å²) in [6.45, 7) is 8.40. The Balaban J connectivity index is 0.00000243. The number of aromatic nitrogens is 3. The third-order valence-electron chi connectivity index (χ3n) is 5.24. The highest BCUT2D eigenvalue weighted by atomic mass is 35.5. The van der Waals surface area contributed by atoms with E-state index in [0.29, 0.717) is 37.0 Å². The molecule has 0 aliphatic carbocycles. The summed E-state index contributed by atoms with van der Waals surface area (Å²) in [5, 5.41) is 7.52. The number of carbonyl (C=O) groups is 2. The van der Waals surface area contributed by atoms with Gasteiger partial charge in [-0.1, -0.05) is 13.8 Å². The van der Waals surface area contributed by atoms with Crippen LogP contribution in [0.25, 0.3) is 0 Å². The van der Waals surface area contributed by atoms with Crippen LogP contribution in [0.3, 0.4) is 0 Å². The fourth-order valence-electron chi connectivity index (χ4n) is 3.78. The predicted octanol–water partition coefficient (Wildman–Crippen LogP) is 1.48. The highest BCUT2D eigenvalue weighted by Crippen LogP contribution is 2.36. The van der Waals surface area contributed by atoms with Gasteiger partial charge in [0.1, 0.15) is 17.2 Å². The second-order valence-corrected chi connectivity index (χ2v) is 7.49. The van der Waals surface area contributed by atoms with Gasteiger partial charge in [-0.3, -0.25) is 14.4 Å². The fraction of sp³-hybridized carbons (Fsp3) is 0.765. The van der Waals surface area contributed by atoms with Crippen molar-refractivity contribution in [2.24, 2.45) is 13.0 Å². The lowest BCUT2D eigenvalue weighted by Gasteiger charge is -2.38. The molecule has 0 saturated carbocycles. The van der Waals surface area contributed by atoms with Crippen molar-refractivity contribution < 1.29 is 9.59 Å². The first-order chi connectivity index (χ1) is 11.8. The van der Waals surface area contributed by atoms with Crippen molar-refractivity contribution in [1.29, 1.82) is 0 Å². The largest absolute Gasteiger partial charge is 0.328 e. The molecule has 146 valence electrons. The van der Waals surface area contributed by atoms with Gasteiger partial charge >= 0.3 is 6.03 Å². The van der Waals surface area contributed by atoms with Crippen molar-refractivity contribution in [3.05, 3.63) is 11.6 Å². The average Bonchev–Trinajstić information content (AvgIpc) is 2.97. The molecule has 3 amide bonds. The second kappa shape index (κ2) is 7.92. The van der Waals surface area contributed by atoms with Crippen molar-refractivity contribution in [3.63, 3.8) is 0 Å². The molecule has 1 aromatic rings. The minimum atomic E-state index is -0.690. The van der Waals surface area contributed by atoms with Crippen LogP contribution in [0, 0.1) is 12.8 Å². The van der Waals surface area contributed by atoms with Gasteiger partial charge in [0.25, 0.3) is 5.91 Å². The Morgan fingerprint density at radius 2 is 1.88 bits per heavy atom. The van der Waals surface area contributed by atoms with Gasteiger partial charge in [0.2, 0.25) is 0 Å². The van der Waals surface area contributed by atoms with Gasteiger partial charge in [-0.25, -0.2) is 9.78 Å². The fourth-order valence-corrected chi connectivity index (χ4v) is 3.78. The Morgan fingerprint density at radius 1 is 1.23 bits per heavy atom. The van der Waals surface area contributed by atoms with E-state index in [2.05, 4.69) is 29.2 Å². The summed E-state index contributed by atoms with van der Waals surface area (Å²) in [4.78, 5) is 33.9. The van der Waals surface area contributed by atoms with Crippen LogP contribution in [0.1, 0.15) is 44.8 Å². The standard InChI is InChI=1S/C17H28N6O2.ClH/c1-12(2)5-10-23-16(25)22(11-14-19-13(3)20-21(14)4)15(24)17(23)6-8-18-9-7-17;/h12,18H,5-11H2,1-4H3;1H. The number of urea groups is 1. The average molecular weight is 385 g/mol. The highest BCUT2D eigenvalue weighted by Gasteiger charge is 2.57. The van der Waals surface area contributed by atoms with Crippen molar-refractivity contribution >= 4 is 24.3 Å². The maximum Gasteiger partial charge on any atom is 0.328 e. The number of halogens is 1. The summed E-state index contributed by atoms with van der Waals surface area (Å²) < 4.78 is 1.64. The third-order valence-corrected chi connectivity index (χ3v) is 5.24. The topological polar surface area (TPSA) is 83.4 Å². The van der Waals surface area contributed by atoms with E-state index in [1.54, 1.807) is 18.7 Å². The normalized spacial score (nSPS) is 19.6. The zero-order chi connectivity index (χ0) is 18.2. The first kappa shape index (κ1) is 20.6. The van der Waals surface area contributed by atoms with E-state index in [-0.39, 0.29) is 30.9 Å². The van der Waals surface area contributed by atoms with Crippen LogP contribution in [0.5, 0.6) is 0 Å². The summed E-state index contributed by atoms with van der Waals surface area (Å²) in [5.41, 5.74) is -0.690. The third kappa shape index (κ3) is 3.57. The van der Waals surface area contributed by atoms with Gasteiger partial charge in [-0.05, 0) is 45.2 Å². The van der Waals surface area contributed by atoms with Crippen molar-refractivity contribution in [3.8, 4) is 0 Å². The molecule has 0 bridgehead atoms. The number of rotatable bonds is 5. The van der Waals surface area contributed by atoms with Crippen LogP contribution in [-0.4, -0.2) is 61.7 Å². The van der Waals surface area contributed by atoms with Crippen molar-refractivity contribution in [2.75, 3.05) is 19.6 Å². The molecule has 3 heterocycles. The predicted molar refractivity (Wildman–Crippen MR) is 99.9 cm³/mol. The van der Waals surface area contributed by atoms with Crippen LogP contribution < -0.4 is 5.32 Å². The van der Waals surface area contributed by atoms with E-state index in [9.17, 15) is 9.59 Å². The SMILES string of the molecule is Cc1nc(CN2C(=O)N(CCC(C)C)C3(CCNCC3)C2=O)n(C)n1.Cl. The molecule has 8 nitrogen and oxygen atoms in total. The molecule has 2 aliphatic rings. The number of nitrogens with zero attached hydrogens (tertiary/aromatic N) is 5. The zero-order valence-electron chi connectivity index (χ0n) is 16.0. The van der Waals surface area contributed by atoms with Gasteiger partial charge in [-0.15, -0.1) is 12.4 Å². The molecule has 1 aromatic heterocycles. The molecule has 2 saturated heterocycles. The van der Waals surface area contributed by atoms with E-state index >= 15 is 0 Å². The Hall–Kier alpha value is -1.67. The summed E-state index contributed by atoms with van der Waals surface area (Å²) >= 11 is 0. The van der Waals surface area contributed by atoms with Gasteiger partial charge in [0, 0.05) is 13.6 Å². The smallest absolute Gasteiger partial charge is 0.317 e. The maximum absolute atomic E-state index is 13.2. The van der Waals surface area contributed by atoms with E-state index in [1.165, 1.54) is 4.90 Å². The van der Waals surface area contributed by atoms with Crippen LogP contribution >= 0.6 is 12.4 Å². The van der Waals surface area contributed by atoms with Crippen molar-refractivity contribution in [2.45, 2.75) is 52.1 Å². The van der Waals surface area contributed by atoms with Crippen LogP contribution in [0.2, 0.25) is 0 Å². The molecule has 26 heavy (non-hydrogen) atoms. The van der Waals surface area contributed by atoms with Gasteiger partial charge in [0.05, 0.1) is 6.54 Å². The second-order valence-electron chi connectivity index (χ2n) is 7.49. The lowest BCUT2D eigenvalue weighted by Crippen LogP contribution is -2.56. The molecular weight excluding hydrogens is 356 g/mol. The van der Waals surface area contributed by atoms with Gasteiger partial charge in [-0.2, -0.15) is 5.10 Å². The summed E-state index contributed by atoms with van der Waals surface area (Å²) in [5.74, 6) is 1.68. The minimum absolute atomic E-state index is 0. The number of amides is 3. The highest BCUT2D eigenvalue weighted by molar-refractivity contribution is 6.07. The Labute approximate surface area is 160 Å². The Kier molecular flexibility index (Phi) is 6.29. The summed E-state index contributed by atoms with van der Waals surface area (Å²) in [6, 6.07) is -0.187. The monoisotopic (exact) mass is 384 g/mol. The van der Waals surface area contributed by atoms with E-state index in [0.717, 1.165) is 19.5 Å². The van der Waals surface area contributed by atoms with E-state index in [4.69, 9.17) is 0 Å². The minimum Gasteiger partial charge on any atom is -0.317 e. The summed E-state index contributed by atoms with van der Waals surface area (Å²) in [6.07, 6.45) is 2.24. The number of aryl methyl sites for hydroxylation is 2. The van der Waals surface area contributed by atoms with Gasteiger partial charge < -0.3 is 10.2 Å². The van der Waals surface area contributed by atoms with Crippen LogP contribution in [0.4, 0.5) is 4.79 Å². The number of piperidine rings is 1. The first-order valence-electron chi connectivity index (χ1n) is 9.06. The number of hydrogen-bond donors (Lipinski definition) is 1. The van der Waals surface area contributed by atoms with Crippen LogP contribution in [-0.2, 0) is 18.4 Å².